The molecule has 0 bridgehead atoms. The Hall–Kier alpha value is -2.85. The van der Waals surface area contributed by atoms with Gasteiger partial charge in [-0.1, -0.05) is 12.1 Å². The van der Waals surface area contributed by atoms with Crippen LogP contribution in [0.1, 0.15) is 22.1 Å². The first kappa shape index (κ1) is 18.2. The second-order valence-corrected chi connectivity index (χ2v) is 8.54. The predicted molar refractivity (Wildman–Crippen MR) is 115 cm³/mol. The molecule has 1 aromatic carbocycles. The van der Waals surface area contributed by atoms with Crippen LogP contribution in [0.25, 0.3) is 17.0 Å². The average Bonchev–Trinajstić information content (AvgIpc) is 3.29. The van der Waals surface area contributed by atoms with Gasteiger partial charge in [0, 0.05) is 10.5 Å². The monoisotopic (exact) mass is 423 g/mol. The fraction of sp³-hybridized carbons (Fsp3) is 0.211. The molecule has 1 aliphatic rings. The number of imidazole rings is 1. The van der Waals surface area contributed by atoms with Gasteiger partial charge in [0.05, 0.1) is 23.0 Å². The number of benzene rings is 1. The van der Waals surface area contributed by atoms with Gasteiger partial charge in [0.15, 0.2) is 11.5 Å². The second kappa shape index (κ2) is 7.20. The molecular formula is C19H17N7OS2. The lowest BCUT2D eigenvalue weighted by Crippen LogP contribution is -2.16. The highest BCUT2D eigenvalue weighted by Crippen LogP contribution is 2.44. The number of aromatic amines is 1. The molecule has 0 aliphatic carbocycles. The van der Waals surface area contributed by atoms with Gasteiger partial charge >= 0.3 is 0 Å². The Labute approximate surface area is 174 Å². The highest BCUT2D eigenvalue weighted by Gasteiger charge is 2.31. The number of amides is 1. The number of hydrogen-bond donors (Lipinski definition) is 2. The minimum Gasteiger partial charge on any atom is -0.340 e. The van der Waals surface area contributed by atoms with Crippen LogP contribution in [0.5, 0.6) is 0 Å². The largest absolute Gasteiger partial charge is 0.340 e. The number of carbonyl (C=O) groups is 1. The number of fused-ring (bicyclic) bond motifs is 2. The Morgan fingerprint density at radius 1 is 1.21 bits per heavy atom. The molecule has 0 spiro atoms. The lowest BCUT2D eigenvalue weighted by Gasteiger charge is -2.15. The summed E-state index contributed by atoms with van der Waals surface area (Å²) in [6, 6.07) is 8.46. The van der Waals surface area contributed by atoms with E-state index in [1.165, 1.54) is 11.2 Å². The molecule has 0 fully saturated rings. The fourth-order valence-electron chi connectivity index (χ4n) is 3.49. The smallest absolute Gasteiger partial charge is 0.235 e. The van der Waals surface area contributed by atoms with E-state index < -0.39 is 0 Å². The molecule has 146 valence electrons. The van der Waals surface area contributed by atoms with Crippen LogP contribution in [0, 0.1) is 6.92 Å². The summed E-state index contributed by atoms with van der Waals surface area (Å²) in [6.45, 7) is 1.96. The molecule has 0 radical (unpaired) electrons. The third-order valence-electron chi connectivity index (χ3n) is 4.83. The number of aromatic nitrogens is 6. The Balaban J connectivity index is 1.70. The molecule has 4 heterocycles. The lowest BCUT2D eigenvalue weighted by atomic mass is 10.0. The van der Waals surface area contributed by atoms with Crippen LogP contribution >= 0.6 is 23.5 Å². The first-order valence-corrected chi connectivity index (χ1v) is 11.2. The van der Waals surface area contributed by atoms with E-state index in [0.717, 1.165) is 16.8 Å². The van der Waals surface area contributed by atoms with Crippen molar-refractivity contribution in [3.63, 3.8) is 0 Å². The van der Waals surface area contributed by atoms with E-state index in [9.17, 15) is 4.79 Å². The number of H-pyrrole nitrogens is 1. The number of carbonyl (C=O) groups excluding carboxylic acids is 1. The molecule has 0 unspecified atom stereocenters. The number of hydrogen-bond acceptors (Lipinski definition) is 7. The number of nitrogens with zero attached hydrogens (tertiary/aromatic N) is 5. The molecule has 3 aromatic heterocycles. The van der Waals surface area contributed by atoms with Gasteiger partial charge in [0.2, 0.25) is 5.91 Å². The Morgan fingerprint density at radius 2 is 2.03 bits per heavy atom. The van der Waals surface area contributed by atoms with Gasteiger partial charge in [0.1, 0.15) is 17.7 Å². The van der Waals surface area contributed by atoms with Crippen molar-refractivity contribution in [1.82, 2.24) is 29.7 Å². The molecule has 0 saturated carbocycles. The summed E-state index contributed by atoms with van der Waals surface area (Å²) in [4.78, 5) is 29.5. The van der Waals surface area contributed by atoms with Gasteiger partial charge < -0.3 is 10.3 Å². The molecule has 0 saturated heterocycles. The van der Waals surface area contributed by atoms with Gasteiger partial charge in [0.25, 0.3) is 0 Å². The van der Waals surface area contributed by atoms with Crippen molar-refractivity contribution in [1.29, 1.82) is 0 Å². The van der Waals surface area contributed by atoms with E-state index in [1.807, 2.05) is 6.92 Å². The maximum atomic E-state index is 12.5. The molecule has 29 heavy (non-hydrogen) atoms. The molecule has 5 rings (SSSR count). The molecular weight excluding hydrogens is 406 g/mol. The van der Waals surface area contributed by atoms with Crippen LogP contribution in [0.4, 0.5) is 5.82 Å². The summed E-state index contributed by atoms with van der Waals surface area (Å²) in [7, 11) is 0. The number of nitrogens with one attached hydrogen (secondary N) is 2. The van der Waals surface area contributed by atoms with Gasteiger partial charge in [-0.2, -0.15) is 9.78 Å². The molecule has 4 aromatic rings. The predicted octanol–water partition coefficient (Wildman–Crippen LogP) is 3.34. The molecule has 1 amide bonds. The number of rotatable bonds is 3. The molecule has 1 aliphatic heterocycles. The van der Waals surface area contributed by atoms with E-state index in [1.54, 1.807) is 34.5 Å². The van der Waals surface area contributed by atoms with Crippen molar-refractivity contribution in [2.45, 2.75) is 17.1 Å². The quantitative estimate of drug-likeness (QED) is 0.487. The van der Waals surface area contributed by atoms with Crippen molar-refractivity contribution in [3.8, 4) is 5.82 Å². The van der Waals surface area contributed by atoms with Crippen LogP contribution in [-0.4, -0.2) is 47.6 Å². The number of aryl methyl sites for hydroxylation is 1. The summed E-state index contributed by atoms with van der Waals surface area (Å²) in [6.07, 6.45) is 5.08. The second-order valence-electron chi connectivity index (χ2n) is 6.57. The van der Waals surface area contributed by atoms with Gasteiger partial charge in [-0.05, 0) is 30.9 Å². The van der Waals surface area contributed by atoms with Crippen LogP contribution in [0.3, 0.4) is 0 Å². The van der Waals surface area contributed by atoms with E-state index in [0.29, 0.717) is 28.6 Å². The van der Waals surface area contributed by atoms with Crippen molar-refractivity contribution in [2.24, 2.45) is 0 Å². The van der Waals surface area contributed by atoms with Gasteiger partial charge in [-0.15, -0.1) is 23.5 Å². The Bertz CT molecular complexity index is 1220. The topological polar surface area (TPSA) is 101 Å². The van der Waals surface area contributed by atoms with E-state index in [2.05, 4.69) is 55.8 Å². The average molecular weight is 424 g/mol. The highest BCUT2D eigenvalue weighted by molar-refractivity contribution is 8.00. The van der Waals surface area contributed by atoms with Crippen LogP contribution < -0.4 is 5.32 Å². The molecule has 1 atom stereocenters. The zero-order valence-electron chi connectivity index (χ0n) is 15.7. The van der Waals surface area contributed by atoms with Gasteiger partial charge in [-0.3, -0.25) is 4.79 Å². The lowest BCUT2D eigenvalue weighted by molar-refractivity contribution is -0.113. The normalized spacial score (nSPS) is 16.5. The van der Waals surface area contributed by atoms with Gasteiger partial charge in [-0.25, -0.2) is 15.0 Å². The maximum absolute atomic E-state index is 12.5. The van der Waals surface area contributed by atoms with Crippen LogP contribution in [-0.2, 0) is 4.79 Å². The van der Waals surface area contributed by atoms with E-state index in [-0.39, 0.29) is 11.2 Å². The van der Waals surface area contributed by atoms with Crippen molar-refractivity contribution >= 4 is 46.4 Å². The maximum Gasteiger partial charge on any atom is 0.235 e. The van der Waals surface area contributed by atoms with Crippen molar-refractivity contribution in [2.75, 3.05) is 17.3 Å². The minimum absolute atomic E-state index is 0.00676. The Morgan fingerprint density at radius 3 is 2.83 bits per heavy atom. The fourth-order valence-corrected chi connectivity index (χ4v) is 5.09. The standard InChI is InChI=1S/C19H17N7OS2/c1-10-14-16(11-3-5-12(28-2)6-4-11)29-7-13(27)24-18(14)26(25-10)19-15-17(21-8-20-15)22-9-23-19/h3-6,8-9,16H,7H2,1-2H3,(H,24,27)(H,20,21,22,23)/t16-/m0/s1. The van der Waals surface area contributed by atoms with Crippen molar-refractivity contribution in [3.05, 3.63) is 53.7 Å². The summed E-state index contributed by atoms with van der Waals surface area (Å²) in [5, 5.41) is 7.75. The zero-order chi connectivity index (χ0) is 20.0. The Kier molecular flexibility index (Phi) is 4.51. The number of anilines is 1. The zero-order valence-corrected chi connectivity index (χ0v) is 17.3. The summed E-state index contributed by atoms with van der Waals surface area (Å²) < 4.78 is 1.68. The third-order valence-corrected chi connectivity index (χ3v) is 6.84. The summed E-state index contributed by atoms with van der Waals surface area (Å²) >= 11 is 3.31. The van der Waals surface area contributed by atoms with E-state index in [4.69, 9.17) is 5.10 Å². The first-order valence-electron chi connectivity index (χ1n) is 8.95. The SMILES string of the molecule is CSc1ccc([C@@H]2SCC(=O)Nc3c2c(C)nn3-c2ncnc3nc[nH]c23)cc1. The van der Waals surface area contributed by atoms with E-state index >= 15 is 0 Å². The minimum atomic E-state index is -0.0597. The van der Waals surface area contributed by atoms with Crippen LogP contribution in [0.15, 0.2) is 41.8 Å². The third kappa shape index (κ3) is 3.08. The first-order chi connectivity index (χ1) is 14.2. The number of thioether (sulfide) groups is 2. The molecule has 10 heteroatoms. The summed E-state index contributed by atoms with van der Waals surface area (Å²) in [5.41, 5.74) is 4.20. The van der Waals surface area contributed by atoms with Crippen molar-refractivity contribution < 1.29 is 4.79 Å². The highest BCUT2D eigenvalue weighted by atomic mass is 32.2. The van der Waals surface area contributed by atoms with Crippen LogP contribution in [0.2, 0.25) is 0 Å². The molecule has 8 nitrogen and oxygen atoms in total. The molecule has 2 N–H and O–H groups in total. The summed E-state index contributed by atoms with van der Waals surface area (Å²) in [5.74, 6) is 1.51.